The van der Waals surface area contributed by atoms with Crippen LogP contribution in [0, 0.1) is 0 Å². The number of nitrogen functional groups attached to an aromatic ring is 1. The van der Waals surface area contributed by atoms with Crippen LogP contribution in [0.1, 0.15) is 16.5 Å². The van der Waals surface area contributed by atoms with Gasteiger partial charge in [-0.1, -0.05) is 36.0 Å². The lowest BCUT2D eigenvalue weighted by molar-refractivity contribution is 0.951. The largest absolute Gasteiger partial charge is 0.368 e. The molecule has 0 fully saturated rings. The third-order valence-corrected chi connectivity index (χ3v) is 5.21. The topological polar surface area (TPSA) is 118 Å². The van der Waals surface area contributed by atoms with E-state index in [1.54, 1.807) is 11.3 Å². The first-order chi connectivity index (χ1) is 13.2. The number of thiophene rings is 1. The normalized spacial score (nSPS) is 10.8. The van der Waals surface area contributed by atoms with Crippen molar-refractivity contribution in [3.05, 3.63) is 64.4 Å². The van der Waals surface area contributed by atoms with Gasteiger partial charge in [0.15, 0.2) is 0 Å². The van der Waals surface area contributed by atoms with Gasteiger partial charge >= 0.3 is 0 Å². The van der Waals surface area contributed by atoms with Crippen LogP contribution in [0.5, 0.6) is 0 Å². The quantitative estimate of drug-likeness (QED) is 0.407. The molecule has 0 spiro atoms. The van der Waals surface area contributed by atoms with Crippen molar-refractivity contribution in [2.75, 3.05) is 11.1 Å². The number of aromatic nitrogens is 6. The van der Waals surface area contributed by atoms with Crippen molar-refractivity contribution in [1.82, 2.24) is 30.1 Å². The Bertz CT molecular complexity index is 1000. The molecule has 0 bridgehead atoms. The van der Waals surface area contributed by atoms with Crippen LogP contribution in [0.3, 0.4) is 0 Å². The van der Waals surface area contributed by atoms with Gasteiger partial charge in [-0.3, -0.25) is 5.10 Å². The molecule has 0 saturated heterocycles. The van der Waals surface area contributed by atoms with Gasteiger partial charge in [0.1, 0.15) is 11.6 Å². The van der Waals surface area contributed by atoms with E-state index in [9.17, 15) is 0 Å². The van der Waals surface area contributed by atoms with Crippen molar-refractivity contribution < 1.29 is 0 Å². The zero-order valence-electron chi connectivity index (χ0n) is 14.2. The fourth-order valence-electron chi connectivity index (χ4n) is 2.34. The van der Waals surface area contributed by atoms with Gasteiger partial charge in [0.2, 0.25) is 17.1 Å². The third-order valence-electron chi connectivity index (χ3n) is 3.49. The zero-order chi connectivity index (χ0) is 18.5. The van der Waals surface area contributed by atoms with Crippen LogP contribution in [0.15, 0.2) is 53.0 Å². The smallest absolute Gasteiger partial charge is 0.232 e. The SMILES string of the molecule is Nc1nc(CSc2n[nH]c(Cc3cccs3)n2)nc(Nc2ccccc2)n1. The predicted molar refractivity (Wildman–Crippen MR) is 107 cm³/mol. The average Bonchev–Trinajstić information content (AvgIpc) is 3.33. The lowest BCUT2D eigenvalue weighted by Gasteiger charge is -2.06. The molecule has 3 aromatic heterocycles. The van der Waals surface area contributed by atoms with Crippen molar-refractivity contribution in [3.8, 4) is 0 Å². The molecule has 136 valence electrons. The molecule has 0 amide bonds. The Balaban J connectivity index is 1.40. The summed E-state index contributed by atoms with van der Waals surface area (Å²) >= 11 is 3.14. The molecule has 0 saturated carbocycles. The van der Waals surface area contributed by atoms with E-state index in [2.05, 4.69) is 41.5 Å². The monoisotopic (exact) mass is 396 g/mol. The van der Waals surface area contributed by atoms with Gasteiger partial charge in [-0.05, 0) is 23.6 Å². The second-order valence-electron chi connectivity index (χ2n) is 5.53. The molecule has 0 aliphatic rings. The standard InChI is InChI=1S/C17H16N8S2/c18-15-20-14(21-16(23-15)19-11-5-2-1-3-6-11)10-27-17-22-13(24-25-17)9-12-7-4-8-26-12/h1-8H,9-10H2,(H,22,24,25)(H3,18,19,20,21,23). The fraction of sp³-hybridized carbons (Fsp3) is 0.118. The van der Waals surface area contributed by atoms with Crippen LogP contribution in [0.4, 0.5) is 17.6 Å². The van der Waals surface area contributed by atoms with E-state index < -0.39 is 0 Å². The number of hydrogen-bond acceptors (Lipinski definition) is 9. The van der Waals surface area contributed by atoms with Crippen LogP contribution >= 0.6 is 23.1 Å². The Morgan fingerprint density at radius 2 is 1.93 bits per heavy atom. The van der Waals surface area contributed by atoms with E-state index in [4.69, 9.17) is 5.73 Å². The van der Waals surface area contributed by atoms with E-state index in [-0.39, 0.29) is 5.95 Å². The molecule has 1 aromatic carbocycles. The summed E-state index contributed by atoms with van der Waals surface area (Å²) in [5.41, 5.74) is 6.70. The second kappa shape index (κ2) is 8.14. The summed E-state index contributed by atoms with van der Waals surface area (Å²) in [6.07, 6.45) is 0.745. The minimum atomic E-state index is 0.174. The lowest BCUT2D eigenvalue weighted by Crippen LogP contribution is -2.06. The second-order valence-corrected chi connectivity index (χ2v) is 7.51. The summed E-state index contributed by atoms with van der Waals surface area (Å²) in [4.78, 5) is 18.5. The first kappa shape index (κ1) is 17.4. The summed E-state index contributed by atoms with van der Waals surface area (Å²) in [6.45, 7) is 0. The summed E-state index contributed by atoms with van der Waals surface area (Å²) in [7, 11) is 0. The first-order valence-corrected chi connectivity index (χ1v) is 10.00. The molecule has 4 aromatic rings. The Hall–Kier alpha value is -2.98. The number of nitrogens with two attached hydrogens (primary N) is 1. The van der Waals surface area contributed by atoms with E-state index in [1.807, 2.05) is 41.8 Å². The highest BCUT2D eigenvalue weighted by atomic mass is 32.2. The number of hydrogen-bond donors (Lipinski definition) is 3. The van der Waals surface area contributed by atoms with Crippen molar-refractivity contribution >= 4 is 40.7 Å². The number of benzene rings is 1. The van der Waals surface area contributed by atoms with Crippen molar-refractivity contribution in [1.29, 1.82) is 0 Å². The van der Waals surface area contributed by atoms with Gasteiger partial charge in [0, 0.05) is 17.0 Å². The van der Waals surface area contributed by atoms with E-state index in [0.717, 1.165) is 17.9 Å². The van der Waals surface area contributed by atoms with Gasteiger partial charge in [0.25, 0.3) is 0 Å². The van der Waals surface area contributed by atoms with Crippen molar-refractivity contribution in [2.24, 2.45) is 0 Å². The molecule has 10 heteroatoms. The van der Waals surface area contributed by atoms with E-state index in [0.29, 0.717) is 22.7 Å². The zero-order valence-corrected chi connectivity index (χ0v) is 15.8. The average molecular weight is 397 g/mol. The number of aromatic amines is 1. The van der Waals surface area contributed by atoms with Crippen molar-refractivity contribution in [3.63, 3.8) is 0 Å². The fourth-order valence-corrected chi connectivity index (χ4v) is 3.72. The molecule has 4 rings (SSSR count). The highest BCUT2D eigenvalue weighted by Crippen LogP contribution is 2.20. The number of rotatable bonds is 7. The molecule has 4 N–H and O–H groups in total. The summed E-state index contributed by atoms with van der Waals surface area (Å²) in [5.74, 6) is 2.48. The van der Waals surface area contributed by atoms with Gasteiger partial charge < -0.3 is 11.1 Å². The minimum Gasteiger partial charge on any atom is -0.368 e. The van der Waals surface area contributed by atoms with Crippen LogP contribution in [-0.4, -0.2) is 30.1 Å². The number of para-hydroxylation sites is 1. The summed E-state index contributed by atoms with van der Waals surface area (Å²) in [5, 5.41) is 13.0. The Labute approximate surface area is 163 Å². The minimum absolute atomic E-state index is 0.174. The molecule has 27 heavy (non-hydrogen) atoms. The molecular weight excluding hydrogens is 380 g/mol. The van der Waals surface area contributed by atoms with E-state index >= 15 is 0 Å². The van der Waals surface area contributed by atoms with Crippen molar-refractivity contribution in [2.45, 2.75) is 17.3 Å². The van der Waals surface area contributed by atoms with E-state index in [1.165, 1.54) is 16.6 Å². The highest BCUT2D eigenvalue weighted by molar-refractivity contribution is 7.98. The van der Waals surface area contributed by atoms with Crippen LogP contribution in [0.2, 0.25) is 0 Å². The molecule has 0 unspecified atom stereocenters. The molecule has 8 nitrogen and oxygen atoms in total. The maximum atomic E-state index is 5.81. The Morgan fingerprint density at radius 1 is 1.04 bits per heavy atom. The van der Waals surface area contributed by atoms with Crippen LogP contribution in [0.25, 0.3) is 0 Å². The Kier molecular flexibility index (Phi) is 5.26. The molecule has 0 aliphatic carbocycles. The van der Waals surface area contributed by atoms with Crippen LogP contribution < -0.4 is 11.1 Å². The van der Waals surface area contributed by atoms with Gasteiger partial charge in [-0.2, -0.15) is 15.0 Å². The number of anilines is 3. The molecular formula is C17H16N8S2. The Morgan fingerprint density at radius 3 is 2.74 bits per heavy atom. The van der Waals surface area contributed by atoms with Gasteiger partial charge in [0.05, 0.1) is 5.75 Å². The maximum absolute atomic E-state index is 5.81. The van der Waals surface area contributed by atoms with Gasteiger partial charge in [-0.25, -0.2) is 4.98 Å². The predicted octanol–water partition coefficient (Wildman–Crippen LogP) is 3.26. The third kappa shape index (κ3) is 4.80. The number of nitrogens with zero attached hydrogens (tertiary/aromatic N) is 5. The number of H-pyrrole nitrogens is 1. The molecule has 3 heterocycles. The summed E-state index contributed by atoms with van der Waals surface area (Å²) < 4.78 is 0. The lowest BCUT2D eigenvalue weighted by atomic mass is 10.3. The number of nitrogens with one attached hydrogen (secondary N) is 2. The number of thioether (sulfide) groups is 1. The maximum Gasteiger partial charge on any atom is 0.232 e. The molecule has 0 aliphatic heterocycles. The summed E-state index contributed by atoms with van der Waals surface area (Å²) in [6, 6.07) is 13.8. The van der Waals surface area contributed by atoms with Gasteiger partial charge in [-0.15, -0.1) is 16.4 Å². The molecule has 0 radical (unpaired) electrons. The first-order valence-electron chi connectivity index (χ1n) is 8.13. The highest BCUT2D eigenvalue weighted by Gasteiger charge is 2.09. The van der Waals surface area contributed by atoms with Crippen LogP contribution in [-0.2, 0) is 12.2 Å². The molecule has 0 atom stereocenters.